The first-order chi connectivity index (χ1) is 8.41. The van der Waals surface area contributed by atoms with Crippen LogP contribution in [0.1, 0.15) is 52.9 Å². The largest absolute Gasteiger partial charge is 0.466 e. The average molecular weight is 275 g/mol. The molecule has 0 saturated carbocycles. The fraction of sp³-hybridized carbons (Fsp3) is 0.714. The van der Waals surface area contributed by atoms with Gasteiger partial charge in [0.05, 0.1) is 13.0 Å². The van der Waals surface area contributed by atoms with Gasteiger partial charge in [0.2, 0.25) is 5.24 Å². The molecule has 0 aromatic heterocycles. The predicted octanol–water partition coefficient (Wildman–Crippen LogP) is 3.85. The molecular weight excluding hydrogens is 252 g/mol. The van der Waals surface area contributed by atoms with Crippen molar-refractivity contribution in [3.05, 3.63) is 11.6 Å². The van der Waals surface area contributed by atoms with Gasteiger partial charge in [-0.25, -0.2) is 0 Å². The molecule has 0 aliphatic heterocycles. The Balaban J connectivity index is 3.55. The van der Waals surface area contributed by atoms with E-state index in [0.29, 0.717) is 12.5 Å². The number of allylic oxidation sites excluding steroid dienone is 2. The van der Waals surface area contributed by atoms with Gasteiger partial charge >= 0.3 is 5.97 Å². The molecule has 0 amide bonds. The highest BCUT2D eigenvalue weighted by Gasteiger charge is 2.07. The summed E-state index contributed by atoms with van der Waals surface area (Å²) in [7, 11) is 0. The maximum Gasteiger partial charge on any atom is 0.306 e. The lowest BCUT2D eigenvalue weighted by molar-refractivity contribution is -0.144. The van der Waals surface area contributed by atoms with Crippen molar-refractivity contribution < 1.29 is 14.3 Å². The second-order valence-corrected chi connectivity index (χ2v) is 5.25. The molecular formula is C14H23ClO3. The van der Waals surface area contributed by atoms with Crippen LogP contribution in [0, 0.1) is 5.92 Å². The first-order valence-corrected chi connectivity index (χ1v) is 6.77. The lowest BCUT2D eigenvalue weighted by Gasteiger charge is -2.10. The maximum atomic E-state index is 11.2. The first-order valence-electron chi connectivity index (χ1n) is 6.39. The summed E-state index contributed by atoms with van der Waals surface area (Å²) in [5.41, 5.74) is 1.33. The summed E-state index contributed by atoms with van der Waals surface area (Å²) in [4.78, 5) is 21.6. The number of rotatable bonds is 9. The zero-order valence-corrected chi connectivity index (χ0v) is 12.3. The molecule has 0 N–H and O–H groups in total. The van der Waals surface area contributed by atoms with Gasteiger partial charge in [-0.2, -0.15) is 0 Å². The summed E-state index contributed by atoms with van der Waals surface area (Å²) in [6.45, 7) is 6.75. The van der Waals surface area contributed by atoms with Crippen molar-refractivity contribution in [2.75, 3.05) is 6.61 Å². The molecule has 104 valence electrons. The van der Waals surface area contributed by atoms with Gasteiger partial charge < -0.3 is 4.74 Å². The van der Waals surface area contributed by atoms with Crippen LogP contribution in [0.3, 0.4) is 0 Å². The minimum atomic E-state index is -0.498. The molecule has 0 saturated heterocycles. The molecule has 0 fully saturated rings. The SMILES string of the molecule is CC(C)=CCCC(C)CCOC(=O)CCC(=O)Cl. The number of carbonyl (C=O) groups excluding carboxylic acids is 2. The van der Waals surface area contributed by atoms with Gasteiger partial charge in [0.15, 0.2) is 0 Å². The number of hydrogen-bond acceptors (Lipinski definition) is 3. The molecule has 0 spiro atoms. The number of halogens is 1. The van der Waals surface area contributed by atoms with E-state index in [1.165, 1.54) is 5.57 Å². The Hall–Kier alpha value is -0.830. The minimum absolute atomic E-state index is 0.0521. The molecule has 1 unspecified atom stereocenters. The second kappa shape index (κ2) is 10.1. The van der Waals surface area contributed by atoms with Crippen LogP contribution in [-0.4, -0.2) is 17.8 Å². The van der Waals surface area contributed by atoms with Crippen LogP contribution in [0.5, 0.6) is 0 Å². The normalized spacial score (nSPS) is 11.8. The summed E-state index contributed by atoms with van der Waals surface area (Å²) in [5.74, 6) is 0.184. The molecule has 18 heavy (non-hydrogen) atoms. The van der Waals surface area contributed by atoms with Crippen molar-refractivity contribution in [3.63, 3.8) is 0 Å². The molecule has 3 nitrogen and oxygen atoms in total. The van der Waals surface area contributed by atoms with E-state index in [4.69, 9.17) is 16.3 Å². The van der Waals surface area contributed by atoms with Crippen molar-refractivity contribution >= 4 is 22.8 Å². The monoisotopic (exact) mass is 274 g/mol. The molecule has 0 heterocycles. The van der Waals surface area contributed by atoms with E-state index < -0.39 is 5.24 Å². The highest BCUT2D eigenvalue weighted by Crippen LogP contribution is 2.12. The van der Waals surface area contributed by atoms with Gasteiger partial charge in [-0.1, -0.05) is 18.6 Å². The van der Waals surface area contributed by atoms with E-state index in [9.17, 15) is 9.59 Å². The molecule has 0 radical (unpaired) electrons. The minimum Gasteiger partial charge on any atom is -0.466 e. The number of hydrogen-bond donors (Lipinski definition) is 0. The molecule has 0 rings (SSSR count). The van der Waals surface area contributed by atoms with E-state index in [1.807, 2.05) is 0 Å². The van der Waals surface area contributed by atoms with Crippen LogP contribution < -0.4 is 0 Å². The Morgan fingerprint density at radius 2 is 1.89 bits per heavy atom. The third kappa shape index (κ3) is 11.6. The fourth-order valence-electron chi connectivity index (χ4n) is 1.45. The van der Waals surface area contributed by atoms with E-state index in [1.54, 1.807) is 0 Å². The summed E-state index contributed by atoms with van der Waals surface area (Å²) in [5, 5.41) is -0.498. The average Bonchev–Trinajstić information content (AvgIpc) is 2.25. The molecule has 0 aromatic carbocycles. The van der Waals surface area contributed by atoms with Crippen LogP contribution >= 0.6 is 11.6 Å². The highest BCUT2D eigenvalue weighted by atomic mass is 35.5. The summed E-state index contributed by atoms with van der Waals surface area (Å²) < 4.78 is 5.03. The smallest absolute Gasteiger partial charge is 0.306 e. The number of ether oxygens (including phenoxy) is 1. The lowest BCUT2D eigenvalue weighted by Crippen LogP contribution is -2.09. The summed E-state index contributed by atoms with van der Waals surface area (Å²) in [6.07, 6.45) is 5.37. The Kier molecular flexibility index (Phi) is 9.66. The molecule has 0 aliphatic carbocycles. The van der Waals surface area contributed by atoms with Gasteiger partial charge in [0.1, 0.15) is 0 Å². The van der Waals surface area contributed by atoms with Crippen LogP contribution in [0.2, 0.25) is 0 Å². The molecule has 4 heteroatoms. The van der Waals surface area contributed by atoms with E-state index in [-0.39, 0.29) is 18.8 Å². The lowest BCUT2D eigenvalue weighted by atomic mass is 10.0. The van der Waals surface area contributed by atoms with Gasteiger partial charge in [0, 0.05) is 6.42 Å². The maximum absolute atomic E-state index is 11.2. The third-order valence-electron chi connectivity index (χ3n) is 2.61. The van der Waals surface area contributed by atoms with Crippen molar-refractivity contribution in [2.45, 2.75) is 52.9 Å². The molecule has 0 aromatic rings. The van der Waals surface area contributed by atoms with Crippen LogP contribution in [0.4, 0.5) is 0 Å². The second-order valence-electron chi connectivity index (χ2n) is 4.83. The quantitative estimate of drug-likeness (QED) is 0.364. The summed E-state index contributed by atoms with van der Waals surface area (Å²) in [6, 6.07) is 0. The van der Waals surface area contributed by atoms with Crippen LogP contribution in [-0.2, 0) is 14.3 Å². The zero-order chi connectivity index (χ0) is 14.0. The number of esters is 1. The third-order valence-corrected chi connectivity index (χ3v) is 2.80. The van der Waals surface area contributed by atoms with Gasteiger partial charge in [-0.05, 0) is 50.6 Å². The van der Waals surface area contributed by atoms with Crippen LogP contribution in [0.25, 0.3) is 0 Å². The van der Waals surface area contributed by atoms with Crippen LogP contribution in [0.15, 0.2) is 11.6 Å². The van der Waals surface area contributed by atoms with Gasteiger partial charge in [0.25, 0.3) is 0 Å². The van der Waals surface area contributed by atoms with E-state index >= 15 is 0 Å². The van der Waals surface area contributed by atoms with Crippen molar-refractivity contribution in [2.24, 2.45) is 5.92 Å². The Morgan fingerprint density at radius 3 is 2.44 bits per heavy atom. The number of carbonyl (C=O) groups is 2. The van der Waals surface area contributed by atoms with E-state index in [2.05, 4.69) is 26.8 Å². The molecule has 1 atom stereocenters. The Morgan fingerprint density at radius 1 is 1.22 bits per heavy atom. The first kappa shape index (κ1) is 17.2. The van der Waals surface area contributed by atoms with Crippen molar-refractivity contribution in [3.8, 4) is 0 Å². The Bertz CT molecular complexity index is 293. The van der Waals surface area contributed by atoms with Crippen molar-refractivity contribution in [1.29, 1.82) is 0 Å². The van der Waals surface area contributed by atoms with Gasteiger partial charge in [-0.15, -0.1) is 0 Å². The molecule has 0 aliphatic rings. The Labute approximate surface area is 115 Å². The van der Waals surface area contributed by atoms with E-state index in [0.717, 1.165) is 19.3 Å². The predicted molar refractivity (Wildman–Crippen MR) is 73.5 cm³/mol. The fourth-order valence-corrected chi connectivity index (χ4v) is 1.54. The van der Waals surface area contributed by atoms with Crippen molar-refractivity contribution in [1.82, 2.24) is 0 Å². The van der Waals surface area contributed by atoms with Gasteiger partial charge in [-0.3, -0.25) is 9.59 Å². The molecule has 0 bridgehead atoms. The topological polar surface area (TPSA) is 43.4 Å². The standard InChI is InChI=1S/C14H23ClO3/c1-11(2)5-4-6-12(3)9-10-18-14(17)8-7-13(15)16/h5,12H,4,6-10H2,1-3H3. The summed E-state index contributed by atoms with van der Waals surface area (Å²) >= 11 is 5.14. The zero-order valence-electron chi connectivity index (χ0n) is 11.5. The highest BCUT2D eigenvalue weighted by molar-refractivity contribution is 6.63.